The van der Waals surface area contributed by atoms with Crippen LogP contribution in [0.15, 0.2) is 0 Å². The molecule has 23 heavy (non-hydrogen) atoms. The molecule has 1 unspecified atom stereocenters. The maximum atomic E-state index is 6.44. The Labute approximate surface area is 151 Å². The lowest BCUT2D eigenvalue weighted by molar-refractivity contribution is 0.143. The normalized spacial score (nSPS) is 14.0. The molecule has 0 bridgehead atoms. The molecule has 0 aliphatic rings. The summed E-state index contributed by atoms with van der Waals surface area (Å²) in [7, 11) is 6.23. The molecule has 0 N–H and O–H groups in total. The van der Waals surface area contributed by atoms with Crippen LogP contribution < -0.4 is 0 Å². The zero-order valence-corrected chi connectivity index (χ0v) is 18.2. The van der Waals surface area contributed by atoms with Crippen molar-refractivity contribution in [2.24, 2.45) is 0 Å². The van der Waals surface area contributed by atoms with Crippen LogP contribution >= 0.6 is 12.6 Å². The van der Waals surface area contributed by atoms with Crippen molar-refractivity contribution in [3.8, 4) is 0 Å². The zero-order chi connectivity index (χ0) is 17.7. The van der Waals surface area contributed by atoms with E-state index in [0.29, 0.717) is 5.25 Å². The predicted molar refractivity (Wildman–Crippen MR) is 107 cm³/mol. The highest BCUT2D eigenvalue weighted by Crippen LogP contribution is 2.26. The van der Waals surface area contributed by atoms with Gasteiger partial charge in [0.1, 0.15) is 0 Å². The van der Waals surface area contributed by atoms with Crippen LogP contribution in [0.3, 0.4) is 0 Å². The van der Waals surface area contributed by atoms with Crippen LogP contribution in [-0.2, 0) is 8.85 Å². The molecule has 0 saturated carbocycles. The van der Waals surface area contributed by atoms with E-state index in [1.165, 1.54) is 12.8 Å². The van der Waals surface area contributed by atoms with E-state index in [1.54, 1.807) is 0 Å². The van der Waals surface area contributed by atoms with Crippen LogP contribution in [-0.4, -0.2) is 78.1 Å². The number of rotatable bonds is 15. The fourth-order valence-electron chi connectivity index (χ4n) is 2.32. The van der Waals surface area contributed by atoms with E-state index in [0.717, 1.165) is 51.2 Å². The quantitative estimate of drug-likeness (QED) is 0.355. The number of hydrogen-bond donors (Lipinski definition) is 1. The Morgan fingerprint density at radius 1 is 0.913 bits per heavy atom. The molecule has 1 atom stereocenters. The number of thiol groups is 1. The predicted octanol–water partition coefficient (Wildman–Crippen LogP) is 3.48. The van der Waals surface area contributed by atoms with E-state index in [2.05, 4.69) is 64.5 Å². The van der Waals surface area contributed by atoms with E-state index in [4.69, 9.17) is 8.85 Å². The van der Waals surface area contributed by atoms with Crippen LogP contribution in [0.25, 0.3) is 0 Å². The summed E-state index contributed by atoms with van der Waals surface area (Å²) >= 11 is 4.68. The van der Waals surface area contributed by atoms with Gasteiger partial charge >= 0.3 is 8.56 Å². The third-order valence-electron chi connectivity index (χ3n) is 4.05. The Morgan fingerprint density at radius 3 is 1.83 bits per heavy atom. The van der Waals surface area contributed by atoms with E-state index in [9.17, 15) is 0 Å². The minimum absolute atomic E-state index is 0.457. The van der Waals surface area contributed by atoms with Crippen molar-refractivity contribution < 1.29 is 8.85 Å². The molecule has 0 fully saturated rings. The molecule has 0 amide bonds. The van der Waals surface area contributed by atoms with Crippen molar-refractivity contribution in [1.82, 2.24) is 9.80 Å². The van der Waals surface area contributed by atoms with E-state index in [1.807, 2.05) is 0 Å². The van der Waals surface area contributed by atoms with Gasteiger partial charge < -0.3 is 18.7 Å². The van der Waals surface area contributed by atoms with Crippen LogP contribution in [0.2, 0.25) is 12.1 Å². The van der Waals surface area contributed by atoms with Crippen molar-refractivity contribution in [3.63, 3.8) is 0 Å². The first-order chi connectivity index (χ1) is 10.8. The zero-order valence-electron chi connectivity index (χ0n) is 16.3. The first-order valence-corrected chi connectivity index (χ1v) is 11.9. The summed E-state index contributed by atoms with van der Waals surface area (Å²) in [6.07, 6.45) is 4.59. The summed E-state index contributed by atoms with van der Waals surface area (Å²) in [6, 6.07) is 2.17. The molecule has 0 aromatic heterocycles. The van der Waals surface area contributed by atoms with Gasteiger partial charge in [-0.25, -0.2) is 0 Å². The first kappa shape index (κ1) is 23.4. The van der Waals surface area contributed by atoms with Crippen molar-refractivity contribution in [1.29, 1.82) is 0 Å². The second-order valence-corrected chi connectivity index (χ2v) is 11.0. The topological polar surface area (TPSA) is 24.9 Å². The van der Waals surface area contributed by atoms with Crippen molar-refractivity contribution in [2.75, 3.05) is 54.5 Å². The standard InChI is InChI=1S/C17H40N2O2SSi/c1-7-9-15-23(16-10-17(22)8-2,20-13-11-18(3)4)21-14-12-19(5)6/h17,22H,7-16H2,1-6H3. The number of nitrogens with zero attached hydrogens (tertiary/aromatic N) is 2. The molecule has 140 valence electrons. The van der Waals surface area contributed by atoms with Gasteiger partial charge in [0, 0.05) is 31.6 Å². The maximum absolute atomic E-state index is 6.44. The van der Waals surface area contributed by atoms with Crippen LogP contribution in [0, 0.1) is 0 Å². The fourth-order valence-corrected chi connectivity index (χ4v) is 6.21. The monoisotopic (exact) mass is 364 g/mol. The van der Waals surface area contributed by atoms with Crippen LogP contribution in [0.4, 0.5) is 0 Å². The van der Waals surface area contributed by atoms with Crippen LogP contribution in [0.5, 0.6) is 0 Å². The molecular formula is C17H40N2O2SSi. The van der Waals surface area contributed by atoms with Crippen molar-refractivity contribution >= 4 is 21.2 Å². The van der Waals surface area contributed by atoms with Gasteiger partial charge in [0.15, 0.2) is 0 Å². The molecule has 0 radical (unpaired) electrons. The Hall–Kier alpha value is 0.407. The summed E-state index contributed by atoms with van der Waals surface area (Å²) in [4.78, 5) is 4.35. The maximum Gasteiger partial charge on any atom is 0.338 e. The van der Waals surface area contributed by atoms with Gasteiger partial charge in [-0.1, -0.05) is 26.7 Å². The summed E-state index contributed by atoms with van der Waals surface area (Å²) in [5.41, 5.74) is 0. The third-order valence-corrected chi connectivity index (χ3v) is 8.30. The molecule has 0 rings (SSSR count). The van der Waals surface area contributed by atoms with Gasteiger partial charge in [-0.15, -0.1) is 0 Å². The number of hydrogen-bond acceptors (Lipinski definition) is 5. The van der Waals surface area contributed by atoms with Crippen molar-refractivity contribution in [2.45, 2.75) is 56.9 Å². The third kappa shape index (κ3) is 12.4. The fraction of sp³-hybridized carbons (Fsp3) is 1.00. The lowest BCUT2D eigenvalue weighted by Crippen LogP contribution is -2.45. The first-order valence-electron chi connectivity index (χ1n) is 9.10. The highest BCUT2D eigenvalue weighted by Gasteiger charge is 2.37. The minimum Gasteiger partial charge on any atom is -0.393 e. The Kier molecular flexibility index (Phi) is 13.9. The molecule has 0 spiro atoms. The highest BCUT2D eigenvalue weighted by atomic mass is 32.1. The summed E-state index contributed by atoms with van der Waals surface area (Å²) in [5, 5.41) is 0.457. The van der Waals surface area contributed by atoms with E-state index >= 15 is 0 Å². The Bertz CT molecular complexity index is 267. The summed E-state index contributed by atoms with van der Waals surface area (Å²) in [5.74, 6) is 0. The lowest BCUT2D eigenvalue weighted by Gasteiger charge is -2.32. The molecule has 0 aliphatic carbocycles. The largest absolute Gasteiger partial charge is 0.393 e. The van der Waals surface area contributed by atoms with Gasteiger partial charge in [-0.2, -0.15) is 12.6 Å². The average molecular weight is 365 g/mol. The molecule has 4 nitrogen and oxygen atoms in total. The number of likely N-dealkylation sites (N-methyl/N-ethyl adjacent to an activating group) is 2. The second kappa shape index (κ2) is 13.7. The van der Waals surface area contributed by atoms with Gasteiger partial charge in [-0.3, -0.25) is 0 Å². The average Bonchev–Trinajstić information content (AvgIpc) is 2.49. The molecule has 0 aromatic carbocycles. The second-order valence-electron chi connectivity index (χ2n) is 6.92. The lowest BCUT2D eigenvalue weighted by atomic mass is 10.3. The molecule has 0 aromatic rings. The van der Waals surface area contributed by atoms with E-state index < -0.39 is 8.56 Å². The smallest absolute Gasteiger partial charge is 0.338 e. The minimum atomic E-state index is -2.13. The molecule has 0 aliphatic heterocycles. The van der Waals surface area contributed by atoms with Gasteiger partial charge in [0.05, 0.1) is 0 Å². The molecule has 6 heteroatoms. The van der Waals surface area contributed by atoms with Crippen LogP contribution in [0.1, 0.15) is 39.5 Å². The Balaban J connectivity index is 4.77. The Morgan fingerprint density at radius 2 is 1.43 bits per heavy atom. The highest BCUT2D eigenvalue weighted by molar-refractivity contribution is 7.80. The molecular weight excluding hydrogens is 324 g/mol. The SMILES string of the molecule is CCCC[Si](CCC(S)CC)(OCCN(C)C)OCCN(C)C. The number of unbranched alkanes of at least 4 members (excludes halogenated alkanes) is 1. The summed E-state index contributed by atoms with van der Waals surface area (Å²) in [6.45, 7) is 7.90. The van der Waals surface area contributed by atoms with E-state index in [-0.39, 0.29) is 0 Å². The van der Waals surface area contributed by atoms with Gasteiger partial charge in [0.25, 0.3) is 0 Å². The van der Waals surface area contributed by atoms with Gasteiger partial charge in [-0.05, 0) is 53.1 Å². The van der Waals surface area contributed by atoms with Crippen molar-refractivity contribution in [3.05, 3.63) is 0 Å². The van der Waals surface area contributed by atoms with Gasteiger partial charge in [0.2, 0.25) is 0 Å². The molecule has 0 heterocycles. The summed E-state index contributed by atoms with van der Waals surface area (Å²) < 4.78 is 12.9. The molecule has 0 saturated heterocycles.